The van der Waals surface area contributed by atoms with Crippen molar-refractivity contribution in [2.24, 2.45) is 0 Å². The van der Waals surface area contributed by atoms with E-state index in [2.05, 4.69) is 36.8 Å². The number of nitrogens with zero attached hydrogens (tertiary/aromatic N) is 1. The smallest absolute Gasteiger partial charge is 0.176 e. The first-order valence-electron chi connectivity index (χ1n) is 9.23. The summed E-state index contributed by atoms with van der Waals surface area (Å²) in [5, 5.41) is 11.1. The molecule has 136 valence electrons. The van der Waals surface area contributed by atoms with Gasteiger partial charge in [0.1, 0.15) is 5.75 Å². The van der Waals surface area contributed by atoms with Crippen molar-refractivity contribution < 1.29 is 9.84 Å². The molecule has 1 N–H and O–H groups in total. The summed E-state index contributed by atoms with van der Waals surface area (Å²) in [7, 11) is 1.61. The molecule has 0 radical (unpaired) electrons. The molecule has 3 unspecified atom stereocenters. The van der Waals surface area contributed by atoms with Gasteiger partial charge in [0.2, 0.25) is 0 Å². The molecule has 1 aliphatic rings. The summed E-state index contributed by atoms with van der Waals surface area (Å²) in [6, 6.07) is 16.3. The highest BCUT2D eigenvalue weighted by atomic mass is 16.5. The number of piperidine rings is 1. The highest BCUT2D eigenvalue weighted by molar-refractivity contribution is 5.53. The van der Waals surface area contributed by atoms with E-state index < -0.39 is 5.60 Å². The van der Waals surface area contributed by atoms with Crippen LogP contribution in [0.25, 0.3) is 0 Å². The third-order valence-electron chi connectivity index (χ3n) is 5.49. The number of rotatable bonds is 4. The van der Waals surface area contributed by atoms with Crippen molar-refractivity contribution in [3.05, 3.63) is 59.7 Å². The third-order valence-corrected chi connectivity index (χ3v) is 5.49. The standard InChI is InChI=1S/C23H27NO2/c1-5-23(25,20-11-15-22(26-4)16-12-20)19-9-13-21(14-10-19)24-17(2)7-6-8-18(24)3/h1,9-18,25H,6-8H2,2-4H3. The van der Waals surface area contributed by atoms with Gasteiger partial charge in [-0.2, -0.15) is 0 Å². The quantitative estimate of drug-likeness (QED) is 0.834. The molecule has 2 aromatic rings. The summed E-state index contributed by atoms with van der Waals surface area (Å²) in [5.41, 5.74) is 1.09. The lowest BCUT2D eigenvalue weighted by Gasteiger charge is -2.41. The largest absolute Gasteiger partial charge is 0.497 e. The average Bonchev–Trinajstić information content (AvgIpc) is 2.68. The third kappa shape index (κ3) is 3.30. The molecular formula is C23H27NO2. The Bertz CT molecular complexity index is 765. The van der Waals surface area contributed by atoms with E-state index in [-0.39, 0.29) is 0 Å². The van der Waals surface area contributed by atoms with Crippen LogP contribution in [0.1, 0.15) is 44.2 Å². The fraction of sp³-hybridized carbons (Fsp3) is 0.391. The minimum absolute atomic E-state index is 0.526. The maximum absolute atomic E-state index is 11.1. The summed E-state index contributed by atoms with van der Waals surface area (Å²) >= 11 is 0. The van der Waals surface area contributed by atoms with Gasteiger partial charge in [0.25, 0.3) is 0 Å². The zero-order valence-electron chi connectivity index (χ0n) is 15.8. The van der Waals surface area contributed by atoms with E-state index in [4.69, 9.17) is 11.2 Å². The molecule has 0 saturated carbocycles. The van der Waals surface area contributed by atoms with Gasteiger partial charge in [0.15, 0.2) is 5.60 Å². The predicted molar refractivity (Wildman–Crippen MR) is 107 cm³/mol. The molecule has 1 fully saturated rings. The van der Waals surface area contributed by atoms with Crippen molar-refractivity contribution in [2.75, 3.05) is 12.0 Å². The van der Waals surface area contributed by atoms with Gasteiger partial charge in [0, 0.05) is 28.9 Å². The molecule has 26 heavy (non-hydrogen) atoms. The fourth-order valence-electron chi connectivity index (χ4n) is 3.97. The number of anilines is 1. The second kappa shape index (κ2) is 7.43. The Morgan fingerprint density at radius 3 is 1.96 bits per heavy atom. The Morgan fingerprint density at radius 2 is 1.50 bits per heavy atom. The second-order valence-electron chi connectivity index (χ2n) is 7.17. The van der Waals surface area contributed by atoms with Crippen LogP contribution in [0.5, 0.6) is 5.75 Å². The average molecular weight is 349 g/mol. The van der Waals surface area contributed by atoms with Crippen LogP contribution in [0.2, 0.25) is 0 Å². The lowest BCUT2D eigenvalue weighted by Crippen LogP contribution is -2.43. The molecule has 3 nitrogen and oxygen atoms in total. The first-order valence-corrected chi connectivity index (χ1v) is 9.23. The van der Waals surface area contributed by atoms with Crippen LogP contribution < -0.4 is 9.64 Å². The van der Waals surface area contributed by atoms with Crippen molar-refractivity contribution in [1.29, 1.82) is 0 Å². The van der Waals surface area contributed by atoms with Crippen LogP contribution in [0.3, 0.4) is 0 Å². The zero-order chi connectivity index (χ0) is 18.7. The molecule has 1 heterocycles. The van der Waals surface area contributed by atoms with Crippen LogP contribution in [-0.4, -0.2) is 24.3 Å². The Kier molecular flexibility index (Phi) is 5.25. The van der Waals surface area contributed by atoms with Crippen molar-refractivity contribution in [3.8, 4) is 18.1 Å². The van der Waals surface area contributed by atoms with Crippen molar-refractivity contribution in [2.45, 2.75) is 50.8 Å². The van der Waals surface area contributed by atoms with E-state index in [9.17, 15) is 5.11 Å². The summed E-state index contributed by atoms with van der Waals surface area (Å²) in [6.07, 6.45) is 9.44. The van der Waals surface area contributed by atoms with Crippen LogP contribution in [0.15, 0.2) is 48.5 Å². The molecule has 0 spiro atoms. The number of terminal acetylenes is 1. The molecule has 3 atom stereocenters. The molecule has 3 rings (SSSR count). The molecule has 2 aromatic carbocycles. The van der Waals surface area contributed by atoms with Gasteiger partial charge in [-0.05, 0) is 57.4 Å². The minimum Gasteiger partial charge on any atom is -0.497 e. The monoisotopic (exact) mass is 349 g/mol. The van der Waals surface area contributed by atoms with E-state index in [1.54, 1.807) is 19.2 Å². The lowest BCUT2D eigenvalue weighted by atomic mass is 9.86. The summed E-state index contributed by atoms with van der Waals surface area (Å²) in [5.74, 6) is 3.30. The molecule has 0 aromatic heterocycles. The van der Waals surface area contributed by atoms with Crippen molar-refractivity contribution in [1.82, 2.24) is 0 Å². The van der Waals surface area contributed by atoms with Gasteiger partial charge in [0.05, 0.1) is 7.11 Å². The lowest BCUT2D eigenvalue weighted by molar-refractivity contribution is 0.145. The molecule has 0 amide bonds. The first kappa shape index (κ1) is 18.4. The van der Waals surface area contributed by atoms with Gasteiger partial charge in [-0.3, -0.25) is 0 Å². The van der Waals surface area contributed by atoms with E-state index in [0.717, 1.165) is 5.75 Å². The molecule has 1 aliphatic heterocycles. The number of hydrogen-bond donors (Lipinski definition) is 1. The number of ether oxygens (including phenoxy) is 1. The van der Waals surface area contributed by atoms with Gasteiger partial charge < -0.3 is 14.7 Å². The van der Waals surface area contributed by atoms with Gasteiger partial charge in [-0.25, -0.2) is 0 Å². The van der Waals surface area contributed by atoms with E-state index >= 15 is 0 Å². The molecule has 3 heteroatoms. The SMILES string of the molecule is C#CC(O)(c1ccc(OC)cc1)c1ccc(N2C(C)CCCC2C)cc1. The van der Waals surface area contributed by atoms with Crippen molar-refractivity contribution >= 4 is 5.69 Å². The van der Waals surface area contributed by atoms with Gasteiger partial charge >= 0.3 is 0 Å². The number of aliphatic hydroxyl groups is 1. The molecule has 0 bridgehead atoms. The highest BCUT2D eigenvalue weighted by Crippen LogP contribution is 2.34. The maximum atomic E-state index is 11.1. The zero-order valence-corrected chi connectivity index (χ0v) is 15.8. The minimum atomic E-state index is -1.45. The number of methoxy groups -OCH3 is 1. The Balaban J connectivity index is 1.91. The highest BCUT2D eigenvalue weighted by Gasteiger charge is 2.30. The topological polar surface area (TPSA) is 32.7 Å². The summed E-state index contributed by atoms with van der Waals surface area (Å²) < 4.78 is 5.19. The van der Waals surface area contributed by atoms with E-state index in [0.29, 0.717) is 23.2 Å². The maximum Gasteiger partial charge on any atom is 0.176 e. The summed E-state index contributed by atoms with van der Waals surface area (Å²) in [6.45, 7) is 4.55. The van der Waals surface area contributed by atoms with Crippen LogP contribution in [0.4, 0.5) is 5.69 Å². The van der Waals surface area contributed by atoms with Crippen LogP contribution in [0, 0.1) is 12.3 Å². The van der Waals surface area contributed by atoms with Crippen molar-refractivity contribution in [3.63, 3.8) is 0 Å². The van der Waals surface area contributed by atoms with E-state index in [1.165, 1.54) is 24.9 Å². The number of benzene rings is 2. The molecule has 0 aliphatic carbocycles. The van der Waals surface area contributed by atoms with Gasteiger partial charge in [-0.1, -0.05) is 30.2 Å². The second-order valence-corrected chi connectivity index (χ2v) is 7.17. The van der Waals surface area contributed by atoms with E-state index in [1.807, 2.05) is 24.3 Å². The Labute approximate surface area is 156 Å². The fourth-order valence-corrected chi connectivity index (χ4v) is 3.97. The van der Waals surface area contributed by atoms with Gasteiger partial charge in [-0.15, -0.1) is 6.42 Å². The normalized spacial score (nSPS) is 22.3. The number of hydrogen-bond acceptors (Lipinski definition) is 3. The molecular weight excluding hydrogens is 322 g/mol. The summed E-state index contributed by atoms with van der Waals surface area (Å²) in [4.78, 5) is 2.47. The molecule has 1 saturated heterocycles. The van der Waals surface area contributed by atoms with Crippen LogP contribution >= 0.6 is 0 Å². The van der Waals surface area contributed by atoms with Crippen LogP contribution in [-0.2, 0) is 5.60 Å². The Morgan fingerprint density at radius 1 is 1.00 bits per heavy atom. The first-order chi connectivity index (χ1) is 12.5. The Hall–Kier alpha value is -2.44. The predicted octanol–water partition coefficient (Wildman–Crippen LogP) is 4.33.